The van der Waals surface area contributed by atoms with Crippen molar-refractivity contribution in [3.63, 3.8) is 0 Å². The average Bonchev–Trinajstić information content (AvgIpc) is 2.95. The highest BCUT2D eigenvalue weighted by Crippen LogP contribution is 2.15. The Balaban J connectivity index is 2.04. The highest BCUT2D eigenvalue weighted by Gasteiger charge is 2.21. The van der Waals surface area contributed by atoms with Crippen LogP contribution in [0.5, 0.6) is 0 Å². The second-order valence-electron chi connectivity index (χ2n) is 4.79. The number of aromatic nitrogens is 2. The molecule has 6 nitrogen and oxygen atoms in total. The zero-order chi connectivity index (χ0) is 15.3. The molecule has 0 bridgehead atoms. The van der Waals surface area contributed by atoms with E-state index in [0.29, 0.717) is 19.5 Å². The van der Waals surface area contributed by atoms with Crippen molar-refractivity contribution in [1.29, 1.82) is 0 Å². The molecule has 0 aromatic carbocycles. The van der Waals surface area contributed by atoms with Crippen LogP contribution in [0.1, 0.15) is 11.4 Å². The summed E-state index contributed by atoms with van der Waals surface area (Å²) in [5, 5.41) is 2.98. The first-order chi connectivity index (χ1) is 10.0. The lowest BCUT2D eigenvalue weighted by Crippen LogP contribution is -2.29. The minimum absolute atomic E-state index is 0.288. The maximum Gasteiger partial charge on any atom is 0.244 e. The molecule has 114 valence electrons. The number of rotatable bonds is 7. The third kappa shape index (κ3) is 3.90. The molecule has 0 amide bonds. The van der Waals surface area contributed by atoms with Gasteiger partial charge in [-0.05, 0) is 25.2 Å². The smallest absolute Gasteiger partial charge is 0.244 e. The molecule has 0 aliphatic rings. The largest absolute Gasteiger partial charge is 0.363 e. The number of hydrogen-bond acceptors (Lipinski definition) is 4. The van der Waals surface area contributed by atoms with Crippen LogP contribution < -0.4 is 5.32 Å². The summed E-state index contributed by atoms with van der Waals surface area (Å²) in [5.74, 6) is 0. The Kier molecular flexibility index (Phi) is 5.11. The molecule has 2 aromatic heterocycles. The first-order valence-electron chi connectivity index (χ1n) is 6.72. The lowest BCUT2D eigenvalue weighted by Gasteiger charge is -2.15. The number of aromatic amines is 1. The predicted octanol–water partition coefficient (Wildman–Crippen LogP) is 0.992. The van der Waals surface area contributed by atoms with Crippen LogP contribution in [0.3, 0.4) is 0 Å². The summed E-state index contributed by atoms with van der Waals surface area (Å²) in [4.78, 5) is 7.45. The van der Waals surface area contributed by atoms with Crippen LogP contribution in [0.15, 0.2) is 41.6 Å². The minimum Gasteiger partial charge on any atom is -0.363 e. The zero-order valence-electron chi connectivity index (χ0n) is 12.2. The maximum atomic E-state index is 12.4. The van der Waals surface area contributed by atoms with E-state index in [4.69, 9.17) is 0 Å². The van der Waals surface area contributed by atoms with Crippen molar-refractivity contribution in [3.8, 4) is 0 Å². The Labute approximate surface area is 125 Å². The Morgan fingerprint density at radius 2 is 2.19 bits per heavy atom. The zero-order valence-corrected chi connectivity index (χ0v) is 13.0. The number of hydrogen-bond donors (Lipinski definition) is 2. The summed E-state index contributed by atoms with van der Waals surface area (Å²) in [7, 11) is -0.0603. The van der Waals surface area contributed by atoms with Gasteiger partial charge in [0.15, 0.2) is 0 Å². The number of likely N-dealkylation sites (N-methyl/N-ethyl adjacent to an activating group) is 1. The Morgan fingerprint density at radius 1 is 1.38 bits per heavy atom. The van der Waals surface area contributed by atoms with Crippen molar-refractivity contribution in [1.82, 2.24) is 19.6 Å². The third-order valence-electron chi connectivity index (χ3n) is 3.20. The predicted molar refractivity (Wildman–Crippen MR) is 81.3 cm³/mol. The maximum absolute atomic E-state index is 12.4. The molecule has 0 aliphatic heterocycles. The van der Waals surface area contributed by atoms with Crippen molar-refractivity contribution in [2.24, 2.45) is 0 Å². The summed E-state index contributed by atoms with van der Waals surface area (Å²) in [5.41, 5.74) is 1.72. The summed E-state index contributed by atoms with van der Waals surface area (Å²) < 4.78 is 26.2. The Morgan fingerprint density at radius 3 is 2.86 bits per heavy atom. The fourth-order valence-electron chi connectivity index (χ4n) is 1.98. The van der Waals surface area contributed by atoms with Gasteiger partial charge in [0, 0.05) is 50.3 Å². The van der Waals surface area contributed by atoms with Gasteiger partial charge in [0.05, 0.1) is 4.90 Å². The summed E-state index contributed by atoms with van der Waals surface area (Å²) in [6.07, 6.45) is 3.82. The molecule has 7 heteroatoms. The Bertz CT molecular complexity index is 667. The highest BCUT2D eigenvalue weighted by molar-refractivity contribution is 7.89. The SMILES string of the molecule is CNCc1cc(S(=O)(=O)N(C)CCc2ccccn2)c[nH]1. The molecule has 0 unspecified atom stereocenters. The van der Waals surface area contributed by atoms with Gasteiger partial charge in [-0.3, -0.25) is 4.98 Å². The van der Waals surface area contributed by atoms with E-state index in [-0.39, 0.29) is 4.90 Å². The van der Waals surface area contributed by atoms with Crippen molar-refractivity contribution in [3.05, 3.63) is 48.0 Å². The summed E-state index contributed by atoms with van der Waals surface area (Å²) in [6, 6.07) is 7.28. The van der Waals surface area contributed by atoms with Crippen LogP contribution in [0.25, 0.3) is 0 Å². The third-order valence-corrected chi connectivity index (χ3v) is 5.04. The van der Waals surface area contributed by atoms with E-state index in [1.165, 1.54) is 10.5 Å². The van der Waals surface area contributed by atoms with Crippen molar-refractivity contribution >= 4 is 10.0 Å². The molecule has 2 rings (SSSR count). The van der Waals surface area contributed by atoms with Crippen molar-refractivity contribution in [2.45, 2.75) is 17.9 Å². The lowest BCUT2D eigenvalue weighted by molar-refractivity contribution is 0.471. The van der Waals surface area contributed by atoms with Gasteiger partial charge in [0.2, 0.25) is 10.0 Å². The van der Waals surface area contributed by atoms with E-state index in [9.17, 15) is 8.42 Å². The lowest BCUT2D eigenvalue weighted by atomic mass is 10.3. The molecule has 0 radical (unpaired) electrons. The molecule has 0 saturated carbocycles. The fraction of sp³-hybridized carbons (Fsp3) is 0.357. The van der Waals surface area contributed by atoms with Gasteiger partial charge in [0.25, 0.3) is 0 Å². The molecule has 0 spiro atoms. The van der Waals surface area contributed by atoms with Gasteiger partial charge in [0.1, 0.15) is 0 Å². The minimum atomic E-state index is -3.46. The quantitative estimate of drug-likeness (QED) is 0.799. The van der Waals surface area contributed by atoms with E-state index in [1.807, 2.05) is 25.2 Å². The topological polar surface area (TPSA) is 78.1 Å². The van der Waals surface area contributed by atoms with Crippen LogP contribution in [0, 0.1) is 0 Å². The first kappa shape index (κ1) is 15.7. The second-order valence-corrected chi connectivity index (χ2v) is 6.83. The van der Waals surface area contributed by atoms with E-state index in [2.05, 4.69) is 15.3 Å². The average molecular weight is 308 g/mol. The number of nitrogens with one attached hydrogen (secondary N) is 2. The van der Waals surface area contributed by atoms with E-state index in [1.54, 1.807) is 19.3 Å². The van der Waals surface area contributed by atoms with Gasteiger partial charge in [-0.2, -0.15) is 0 Å². The Hall–Kier alpha value is -1.70. The van der Waals surface area contributed by atoms with Crippen LogP contribution in [-0.2, 0) is 23.0 Å². The van der Waals surface area contributed by atoms with Crippen molar-refractivity contribution in [2.75, 3.05) is 20.6 Å². The van der Waals surface area contributed by atoms with E-state index in [0.717, 1.165) is 11.4 Å². The van der Waals surface area contributed by atoms with E-state index >= 15 is 0 Å². The van der Waals surface area contributed by atoms with Gasteiger partial charge >= 0.3 is 0 Å². The standard InChI is InChI=1S/C14H20N4O2S/c1-15-10-13-9-14(11-17-13)21(19,20)18(2)8-6-12-5-3-4-7-16-12/h3-5,7,9,11,15,17H,6,8,10H2,1-2H3. The van der Waals surface area contributed by atoms with Gasteiger partial charge in [-0.25, -0.2) is 12.7 Å². The molecule has 0 saturated heterocycles. The highest BCUT2D eigenvalue weighted by atomic mass is 32.2. The van der Waals surface area contributed by atoms with E-state index < -0.39 is 10.0 Å². The number of nitrogens with zero attached hydrogens (tertiary/aromatic N) is 2. The normalized spacial score (nSPS) is 12.0. The number of sulfonamides is 1. The van der Waals surface area contributed by atoms with Crippen molar-refractivity contribution < 1.29 is 8.42 Å². The number of pyridine rings is 1. The molecular formula is C14H20N4O2S. The molecule has 21 heavy (non-hydrogen) atoms. The molecular weight excluding hydrogens is 288 g/mol. The molecule has 2 aromatic rings. The number of H-pyrrole nitrogens is 1. The first-order valence-corrected chi connectivity index (χ1v) is 8.16. The van der Waals surface area contributed by atoms with Crippen LogP contribution in [0.2, 0.25) is 0 Å². The van der Waals surface area contributed by atoms with Gasteiger partial charge < -0.3 is 10.3 Å². The second kappa shape index (κ2) is 6.84. The monoisotopic (exact) mass is 308 g/mol. The summed E-state index contributed by atoms with van der Waals surface area (Å²) >= 11 is 0. The van der Waals surface area contributed by atoms with Crippen LogP contribution >= 0.6 is 0 Å². The fourth-order valence-corrected chi connectivity index (χ4v) is 3.17. The van der Waals surface area contributed by atoms with Gasteiger partial charge in [-0.15, -0.1) is 0 Å². The molecule has 2 heterocycles. The van der Waals surface area contributed by atoms with Crippen LogP contribution in [0.4, 0.5) is 0 Å². The molecule has 0 fully saturated rings. The molecule has 0 atom stereocenters. The molecule has 0 aliphatic carbocycles. The van der Waals surface area contributed by atoms with Crippen LogP contribution in [-0.4, -0.2) is 43.3 Å². The van der Waals surface area contributed by atoms with Gasteiger partial charge in [-0.1, -0.05) is 6.07 Å². The summed E-state index contributed by atoms with van der Waals surface area (Å²) in [6.45, 7) is 0.999. The molecule has 2 N–H and O–H groups in total.